The van der Waals surface area contributed by atoms with Gasteiger partial charge < -0.3 is 40.3 Å². The molecular weight excluding hydrogens is 851 g/mol. The van der Waals surface area contributed by atoms with Gasteiger partial charge in [-0.15, -0.1) is 0 Å². The second-order valence-corrected chi connectivity index (χ2v) is 21.2. The number of aliphatic hydroxyl groups is 5. The normalized spacial score (nSPS) is 19.5. The largest absolute Gasteiger partial charge is 0.394 e. The zero-order valence-corrected chi connectivity index (χ0v) is 44.9. The van der Waals surface area contributed by atoms with E-state index in [1.54, 1.807) is 6.08 Å². The smallest absolute Gasteiger partial charge is 0.220 e. The quantitative estimate of drug-likeness (QED) is 0.0261. The molecule has 0 aromatic rings. The molecule has 0 bridgehead atoms. The highest BCUT2D eigenvalue weighted by atomic mass is 16.7. The van der Waals surface area contributed by atoms with Gasteiger partial charge in [0.2, 0.25) is 5.91 Å². The maximum atomic E-state index is 13.0. The van der Waals surface area contributed by atoms with E-state index in [0.29, 0.717) is 6.42 Å². The zero-order chi connectivity index (χ0) is 49.4. The van der Waals surface area contributed by atoms with E-state index in [1.165, 1.54) is 244 Å². The highest BCUT2D eigenvalue weighted by molar-refractivity contribution is 5.76. The van der Waals surface area contributed by atoms with Gasteiger partial charge in [0.05, 0.1) is 25.4 Å². The van der Waals surface area contributed by atoms with Crippen LogP contribution in [0.1, 0.15) is 303 Å². The first-order valence-electron chi connectivity index (χ1n) is 29.9. The number of ether oxygens (including phenoxy) is 2. The molecule has 1 amide bonds. The van der Waals surface area contributed by atoms with Crippen LogP contribution in [0.4, 0.5) is 0 Å². The van der Waals surface area contributed by atoms with Crippen LogP contribution in [0.2, 0.25) is 0 Å². The van der Waals surface area contributed by atoms with Crippen LogP contribution in [0.5, 0.6) is 0 Å². The molecule has 68 heavy (non-hydrogen) atoms. The minimum atomic E-state index is -1.56. The molecule has 9 nitrogen and oxygen atoms in total. The molecule has 6 N–H and O–H groups in total. The topological polar surface area (TPSA) is 149 Å². The molecule has 1 fully saturated rings. The molecule has 0 aromatic carbocycles. The van der Waals surface area contributed by atoms with Crippen LogP contribution in [0.3, 0.4) is 0 Å². The standard InChI is InChI=1S/C59H115NO8/c1-3-5-7-9-11-13-15-16-17-18-19-20-21-22-23-24-25-26-27-28-29-30-31-32-33-34-35-36-37-39-41-43-45-47-49-55(63)60-52(51-67-59-58(66)57(65)56(64)54(50-61)68-59)53(62)48-46-44-42-40-38-14-12-10-8-6-4-2/h46,48,52-54,56-59,61-62,64-66H,3-45,47,49-51H2,1-2H3,(H,60,63)/b48-46+/t52-,53+,54+,56+,57?,58?,59+/m0/s1. The molecule has 7 atom stereocenters. The molecule has 0 aromatic heterocycles. The van der Waals surface area contributed by atoms with Crippen molar-refractivity contribution in [1.82, 2.24) is 5.32 Å². The number of carbonyl (C=O) groups excluding carboxylic acids is 1. The summed E-state index contributed by atoms with van der Waals surface area (Å²) < 4.78 is 11.2. The Kier molecular flexibility index (Phi) is 47.3. The maximum Gasteiger partial charge on any atom is 0.220 e. The molecule has 2 unspecified atom stereocenters. The third-order valence-electron chi connectivity index (χ3n) is 14.6. The van der Waals surface area contributed by atoms with Crippen molar-refractivity contribution in [1.29, 1.82) is 0 Å². The van der Waals surface area contributed by atoms with E-state index in [0.717, 1.165) is 38.5 Å². The van der Waals surface area contributed by atoms with Gasteiger partial charge in [-0.25, -0.2) is 0 Å². The van der Waals surface area contributed by atoms with E-state index in [2.05, 4.69) is 19.2 Å². The fraction of sp³-hybridized carbons (Fsp3) is 0.949. The van der Waals surface area contributed by atoms with Crippen molar-refractivity contribution in [3.8, 4) is 0 Å². The average molecular weight is 967 g/mol. The molecule has 1 aliphatic rings. The monoisotopic (exact) mass is 966 g/mol. The molecule has 1 aliphatic heterocycles. The number of amides is 1. The fourth-order valence-electron chi connectivity index (χ4n) is 9.87. The summed E-state index contributed by atoms with van der Waals surface area (Å²) in [5.74, 6) is -0.172. The van der Waals surface area contributed by atoms with E-state index < -0.39 is 49.5 Å². The Balaban J connectivity index is 2.04. The minimum Gasteiger partial charge on any atom is -0.394 e. The van der Waals surface area contributed by atoms with Crippen LogP contribution in [0, 0.1) is 0 Å². The van der Waals surface area contributed by atoms with E-state index in [-0.39, 0.29) is 12.5 Å². The molecule has 9 heteroatoms. The fourth-order valence-corrected chi connectivity index (χ4v) is 9.87. The number of nitrogens with one attached hydrogen (secondary N) is 1. The summed E-state index contributed by atoms with van der Waals surface area (Å²) in [5, 5.41) is 54.3. The van der Waals surface area contributed by atoms with Gasteiger partial charge in [-0.3, -0.25) is 4.79 Å². The Hall–Kier alpha value is -1.07. The number of unbranched alkanes of at least 4 members (excludes halogenated alkanes) is 42. The van der Waals surface area contributed by atoms with Crippen LogP contribution in [0.15, 0.2) is 12.2 Å². The highest BCUT2D eigenvalue weighted by Gasteiger charge is 2.44. The second-order valence-electron chi connectivity index (χ2n) is 21.2. The Bertz CT molecular complexity index is 1080. The molecule has 1 heterocycles. The SMILES string of the molecule is CCCCCCCCCCC/C=C/[C@@H](O)[C@H](CO[C@@H]1O[C@H](CO)[C@@H](O)C(O)C1O)NC(=O)CCCCCCCCCCCCCCCCCCCCCCCCCCCCCCCCCCCC. The van der Waals surface area contributed by atoms with Crippen molar-refractivity contribution < 1.29 is 39.8 Å². The summed E-state index contributed by atoms with van der Waals surface area (Å²) >= 11 is 0. The number of hydrogen-bond acceptors (Lipinski definition) is 8. The first-order valence-corrected chi connectivity index (χ1v) is 29.9. The molecule has 404 valence electrons. The second kappa shape index (κ2) is 49.5. The van der Waals surface area contributed by atoms with Gasteiger partial charge in [0.15, 0.2) is 6.29 Å². The van der Waals surface area contributed by atoms with Crippen LogP contribution in [0.25, 0.3) is 0 Å². The third-order valence-corrected chi connectivity index (χ3v) is 14.6. The summed E-state index contributed by atoms with van der Waals surface area (Å²) in [6, 6.07) is -0.799. The summed E-state index contributed by atoms with van der Waals surface area (Å²) in [7, 11) is 0. The molecule has 1 saturated heterocycles. The number of rotatable bonds is 52. The Labute approximate surface area is 420 Å². The van der Waals surface area contributed by atoms with Crippen molar-refractivity contribution in [3.05, 3.63) is 12.2 Å². The number of hydrogen-bond donors (Lipinski definition) is 6. The van der Waals surface area contributed by atoms with Gasteiger partial charge in [-0.05, 0) is 19.3 Å². The van der Waals surface area contributed by atoms with Crippen LogP contribution in [-0.4, -0.2) is 87.5 Å². The van der Waals surface area contributed by atoms with E-state index in [9.17, 15) is 30.3 Å². The highest BCUT2D eigenvalue weighted by Crippen LogP contribution is 2.23. The molecule has 0 saturated carbocycles. The van der Waals surface area contributed by atoms with Crippen molar-refractivity contribution in [3.63, 3.8) is 0 Å². The van der Waals surface area contributed by atoms with Crippen LogP contribution >= 0.6 is 0 Å². The van der Waals surface area contributed by atoms with Crippen molar-refractivity contribution in [2.24, 2.45) is 0 Å². The van der Waals surface area contributed by atoms with E-state index in [1.807, 2.05) is 6.08 Å². The third kappa shape index (κ3) is 38.6. The molecule has 1 rings (SSSR count). The molecule has 0 radical (unpaired) electrons. The number of allylic oxidation sites excluding steroid dienone is 1. The van der Waals surface area contributed by atoms with Crippen LogP contribution < -0.4 is 5.32 Å². The van der Waals surface area contributed by atoms with Gasteiger partial charge >= 0.3 is 0 Å². The Morgan fingerprint density at radius 3 is 1.15 bits per heavy atom. The van der Waals surface area contributed by atoms with Crippen molar-refractivity contribution in [2.45, 2.75) is 346 Å². The molecular formula is C59H115NO8. The van der Waals surface area contributed by atoms with Crippen molar-refractivity contribution >= 4 is 5.91 Å². The predicted molar refractivity (Wildman–Crippen MR) is 286 cm³/mol. The maximum absolute atomic E-state index is 13.0. The lowest BCUT2D eigenvalue weighted by Gasteiger charge is -2.40. The summed E-state index contributed by atoms with van der Waals surface area (Å²) in [4.78, 5) is 13.0. The first kappa shape index (κ1) is 64.9. The van der Waals surface area contributed by atoms with Crippen LogP contribution in [-0.2, 0) is 14.3 Å². The lowest BCUT2D eigenvalue weighted by molar-refractivity contribution is -0.302. The van der Waals surface area contributed by atoms with Gasteiger partial charge in [0, 0.05) is 6.42 Å². The summed E-state index contributed by atoms with van der Waals surface area (Å²) in [5.41, 5.74) is 0. The van der Waals surface area contributed by atoms with Crippen molar-refractivity contribution in [2.75, 3.05) is 13.2 Å². The molecule has 0 spiro atoms. The van der Waals surface area contributed by atoms with E-state index in [4.69, 9.17) is 9.47 Å². The van der Waals surface area contributed by atoms with Gasteiger partial charge in [-0.2, -0.15) is 0 Å². The Morgan fingerprint density at radius 1 is 0.485 bits per heavy atom. The average Bonchev–Trinajstić information content (AvgIpc) is 3.34. The number of aliphatic hydroxyl groups excluding tert-OH is 5. The predicted octanol–water partition coefficient (Wildman–Crippen LogP) is 14.8. The van der Waals surface area contributed by atoms with Gasteiger partial charge in [-0.1, -0.05) is 289 Å². The first-order chi connectivity index (χ1) is 33.3. The molecule has 0 aliphatic carbocycles. The van der Waals surface area contributed by atoms with E-state index >= 15 is 0 Å². The van der Waals surface area contributed by atoms with Gasteiger partial charge in [0.25, 0.3) is 0 Å². The minimum absolute atomic E-state index is 0.172. The summed E-state index contributed by atoms with van der Waals surface area (Å²) in [6.07, 6.45) is 54.6. The lowest BCUT2D eigenvalue weighted by Crippen LogP contribution is -2.60. The Morgan fingerprint density at radius 2 is 0.809 bits per heavy atom. The van der Waals surface area contributed by atoms with Gasteiger partial charge in [0.1, 0.15) is 24.4 Å². The lowest BCUT2D eigenvalue weighted by atomic mass is 9.99. The summed E-state index contributed by atoms with van der Waals surface area (Å²) in [6.45, 7) is 3.79. The zero-order valence-electron chi connectivity index (χ0n) is 44.9. The number of carbonyl (C=O) groups is 1.